The summed E-state index contributed by atoms with van der Waals surface area (Å²) in [5.41, 5.74) is 4.18. The van der Waals surface area contributed by atoms with Crippen molar-refractivity contribution in [3.63, 3.8) is 0 Å². The SMILES string of the molecule is COC(=O)C=Cc1cc(C#N)cc2c1N(c1ccccc1)CN2. The topological polar surface area (TPSA) is 65.4 Å². The van der Waals surface area contributed by atoms with Gasteiger partial charge in [-0.25, -0.2) is 4.79 Å². The zero-order chi connectivity index (χ0) is 16.2. The van der Waals surface area contributed by atoms with Crippen molar-refractivity contribution in [2.24, 2.45) is 0 Å². The van der Waals surface area contributed by atoms with Crippen molar-refractivity contribution in [2.75, 3.05) is 24.0 Å². The van der Waals surface area contributed by atoms with Crippen LogP contribution < -0.4 is 10.2 Å². The number of nitrogens with zero attached hydrogens (tertiary/aromatic N) is 2. The van der Waals surface area contributed by atoms with Gasteiger partial charge < -0.3 is 15.0 Å². The van der Waals surface area contributed by atoms with Crippen molar-refractivity contribution < 1.29 is 9.53 Å². The molecule has 2 aromatic carbocycles. The lowest BCUT2D eigenvalue weighted by atomic mass is 10.1. The summed E-state index contributed by atoms with van der Waals surface area (Å²) in [4.78, 5) is 13.5. The highest BCUT2D eigenvalue weighted by Crippen LogP contribution is 2.41. The first-order chi connectivity index (χ1) is 11.2. The van der Waals surface area contributed by atoms with Gasteiger partial charge in [-0.2, -0.15) is 5.26 Å². The highest BCUT2D eigenvalue weighted by Gasteiger charge is 2.23. The Morgan fingerprint density at radius 3 is 2.83 bits per heavy atom. The van der Waals surface area contributed by atoms with Gasteiger partial charge in [0.2, 0.25) is 0 Å². The van der Waals surface area contributed by atoms with E-state index in [0.29, 0.717) is 12.2 Å². The molecule has 3 rings (SSSR count). The molecule has 0 aliphatic carbocycles. The van der Waals surface area contributed by atoms with Gasteiger partial charge in [0.15, 0.2) is 0 Å². The van der Waals surface area contributed by atoms with Crippen LogP contribution in [0.1, 0.15) is 11.1 Å². The molecule has 5 heteroatoms. The lowest BCUT2D eigenvalue weighted by molar-refractivity contribution is -0.134. The normalized spacial score (nSPS) is 12.6. The Morgan fingerprint density at radius 1 is 1.35 bits per heavy atom. The third kappa shape index (κ3) is 2.87. The van der Waals surface area contributed by atoms with E-state index >= 15 is 0 Å². The second-order valence-electron chi connectivity index (χ2n) is 5.03. The molecule has 0 saturated carbocycles. The summed E-state index contributed by atoms with van der Waals surface area (Å²) in [7, 11) is 1.33. The van der Waals surface area contributed by atoms with Gasteiger partial charge in [-0.15, -0.1) is 0 Å². The lowest BCUT2D eigenvalue weighted by Crippen LogP contribution is -2.16. The fraction of sp³-hybridized carbons (Fsp3) is 0.111. The maximum atomic E-state index is 11.4. The largest absolute Gasteiger partial charge is 0.466 e. The zero-order valence-electron chi connectivity index (χ0n) is 12.6. The number of fused-ring (bicyclic) bond motifs is 1. The molecule has 2 aromatic rings. The van der Waals surface area contributed by atoms with Crippen molar-refractivity contribution in [3.8, 4) is 6.07 Å². The van der Waals surface area contributed by atoms with Gasteiger partial charge in [0.05, 0.1) is 36.8 Å². The minimum atomic E-state index is -0.432. The predicted octanol–water partition coefficient (Wildman–Crippen LogP) is 3.27. The van der Waals surface area contributed by atoms with Gasteiger partial charge in [0, 0.05) is 17.3 Å². The van der Waals surface area contributed by atoms with Gasteiger partial charge >= 0.3 is 5.97 Å². The van der Waals surface area contributed by atoms with Crippen molar-refractivity contribution in [3.05, 3.63) is 59.7 Å². The molecule has 0 aromatic heterocycles. The van der Waals surface area contributed by atoms with Crippen LogP contribution in [0.5, 0.6) is 0 Å². The van der Waals surface area contributed by atoms with Crippen LogP contribution >= 0.6 is 0 Å². The standard InChI is InChI=1S/C18H15N3O2/c1-23-17(22)8-7-14-9-13(11-19)10-16-18(14)21(12-20-16)15-5-3-2-4-6-15/h2-10,20H,12H2,1H3. The van der Waals surface area contributed by atoms with Crippen LogP contribution in [0.15, 0.2) is 48.5 Å². The average Bonchev–Trinajstić information content (AvgIpc) is 3.04. The zero-order valence-corrected chi connectivity index (χ0v) is 12.6. The second kappa shape index (κ2) is 6.24. The van der Waals surface area contributed by atoms with E-state index in [2.05, 4.69) is 21.0 Å². The molecule has 1 aliphatic heterocycles. The first-order valence-electron chi connectivity index (χ1n) is 7.13. The van der Waals surface area contributed by atoms with Crippen molar-refractivity contribution in [1.29, 1.82) is 5.26 Å². The number of anilines is 3. The molecule has 0 spiro atoms. The summed E-state index contributed by atoms with van der Waals surface area (Å²) in [6.45, 7) is 0.604. The minimum absolute atomic E-state index is 0.432. The van der Waals surface area contributed by atoms with E-state index in [1.165, 1.54) is 13.2 Å². The molecule has 0 fully saturated rings. The molecule has 5 nitrogen and oxygen atoms in total. The van der Waals surface area contributed by atoms with Crippen LogP contribution in [0.4, 0.5) is 17.1 Å². The van der Waals surface area contributed by atoms with E-state index in [-0.39, 0.29) is 0 Å². The highest BCUT2D eigenvalue weighted by atomic mass is 16.5. The van der Waals surface area contributed by atoms with Crippen LogP contribution in [0.25, 0.3) is 6.08 Å². The first-order valence-corrected chi connectivity index (χ1v) is 7.13. The Kier molecular flexibility index (Phi) is 3.98. The van der Waals surface area contributed by atoms with Crippen molar-refractivity contribution in [2.45, 2.75) is 0 Å². The molecule has 1 heterocycles. The quantitative estimate of drug-likeness (QED) is 0.696. The molecular weight excluding hydrogens is 290 g/mol. The smallest absolute Gasteiger partial charge is 0.330 e. The Hall–Kier alpha value is -3.26. The maximum Gasteiger partial charge on any atom is 0.330 e. The molecule has 0 bridgehead atoms. The van der Waals surface area contributed by atoms with Gasteiger partial charge in [0.25, 0.3) is 0 Å². The number of ether oxygens (including phenoxy) is 1. The molecule has 0 radical (unpaired) electrons. The van der Waals surface area contributed by atoms with E-state index in [1.807, 2.05) is 36.4 Å². The van der Waals surface area contributed by atoms with E-state index in [9.17, 15) is 10.1 Å². The summed E-state index contributed by atoms with van der Waals surface area (Å²) < 4.78 is 4.64. The van der Waals surface area contributed by atoms with Crippen LogP contribution in [0.2, 0.25) is 0 Å². The number of nitrogens with one attached hydrogen (secondary N) is 1. The number of para-hydroxylation sites is 1. The Bertz CT molecular complexity index is 807. The Balaban J connectivity index is 2.09. The van der Waals surface area contributed by atoms with Gasteiger partial charge in [-0.1, -0.05) is 18.2 Å². The number of hydrogen-bond donors (Lipinski definition) is 1. The van der Waals surface area contributed by atoms with Crippen molar-refractivity contribution >= 4 is 29.1 Å². The number of carbonyl (C=O) groups is 1. The molecule has 0 amide bonds. The van der Waals surface area contributed by atoms with Gasteiger partial charge in [-0.05, 0) is 30.3 Å². The number of rotatable bonds is 3. The summed E-state index contributed by atoms with van der Waals surface area (Å²) in [5, 5.41) is 12.5. The maximum absolute atomic E-state index is 11.4. The van der Waals surface area contributed by atoms with E-state index < -0.39 is 5.97 Å². The van der Waals surface area contributed by atoms with E-state index in [0.717, 1.165) is 22.6 Å². The molecule has 0 saturated heterocycles. The monoisotopic (exact) mass is 305 g/mol. The highest BCUT2D eigenvalue weighted by molar-refractivity contribution is 5.93. The van der Waals surface area contributed by atoms with Crippen LogP contribution in [0.3, 0.4) is 0 Å². The third-order valence-corrected chi connectivity index (χ3v) is 3.63. The Morgan fingerprint density at radius 2 is 2.13 bits per heavy atom. The summed E-state index contributed by atoms with van der Waals surface area (Å²) in [6, 6.07) is 15.7. The number of esters is 1. The lowest BCUT2D eigenvalue weighted by Gasteiger charge is -2.20. The third-order valence-electron chi connectivity index (χ3n) is 3.63. The van der Waals surface area contributed by atoms with E-state index in [1.54, 1.807) is 12.1 Å². The first kappa shape index (κ1) is 14.7. The van der Waals surface area contributed by atoms with Gasteiger partial charge in [-0.3, -0.25) is 0 Å². The van der Waals surface area contributed by atoms with Gasteiger partial charge in [0.1, 0.15) is 0 Å². The molecule has 114 valence electrons. The summed E-state index contributed by atoms with van der Waals surface area (Å²) in [6.07, 6.45) is 3.03. The number of methoxy groups -OCH3 is 1. The number of hydrogen-bond acceptors (Lipinski definition) is 5. The predicted molar refractivity (Wildman–Crippen MR) is 89.3 cm³/mol. The van der Waals surface area contributed by atoms with Crippen LogP contribution in [-0.4, -0.2) is 19.7 Å². The van der Waals surface area contributed by atoms with Crippen molar-refractivity contribution in [1.82, 2.24) is 0 Å². The Labute approximate surface area is 134 Å². The number of benzene rings is 2. The molecular formula is C18H15N3O2. The number of carbonyl (C=O) groups excluding carboxylic acids is 1. The fourth-order valence-corrected chi connectivity index (χ4v) is 2.58. The molecule has 1 aliphatic rings. The molecule has 0 unspecified atom stereocenters. The number of nitriles is 1. The molecule has 1 N–H and O–H groups in total. The average molecular weight is 305 g/mol. The van der Waals surface area contributed by atoms with Crippen LogP contribution in [-0.2, 0) is 9.53 Å². The minimum Gasteiger partial charge on any atom is -0.466 e. The fourth-order valence-electron chi connectivity index (χ4n) is 2.58. The van der Waals surface area contributed by atoms with Crippen LogP contribution in [0, 0.1) is 11.3 Å². The molecule has 23 heavy (non-hydrogen) atoms. The molecule has 0 atom stereocenters. The van der Waals surface area contributed by atoms with E-state index in [4.69, 9.17) is 0 Å². The second-order valence-corrected chi connectivity index (χ2v) is 5.03. The summed E-state index contributed by atoms with van der Waals surface area (Å²) >= 11 is 0. The summed E-state index contributed by atoms with van der Waals surface area (Å²) in [5.74, 6) is -0.432.